The van der Waals surface area contributed by atoms with Crippen molar-refractivity contribution in [1.29, 1.82) is 0 Å². The van der Waals surface area contributed by atoms with Crippen LogP contribution in [0.2, 0.25) is 0 Å². The average molecular weight is 813 g/mol. The van der Waals surface area contributed by atoms with Gasteiger partial charge in [0.2, 0.25) is 0 Å². The smallest absolute Gasteiger partial charge is 0.462 e. The van der Waals surface area contributed by atoms with E-state index >= 15 is 0 Å². The van der Waals surface area contributed by atoms with Crippen molar-refractivity contribution in [2.24, 2.45) is 0 Å². The quantitative estimate of drug-likeness (QED) is 0.0153. The van der Waals surface area contributed by atoms with Crippen molar-refractivity contribution in [3.05, 3.63) is 60.8 Å². The predicted octanol–water partition coefficient (Wildman–Crippen LogP) is 10.1. The number of allylic oxidation sites excluding steroid dienone is 9. The Labute approximate surface area is 338 Å². The number of phosphoric acid groups is 1. The van der Waals surface area contributed by atoms with Crippen LogP contribution in [-0.4, -0.2) is 76.9 Å². The monoisotopic (exact) mass is 813 g/mol. The summed E-state index contributed by atoms with van der Waals surface area (Å²) in [5.74, 6) is -1.13. The van der Waals surface area contributed by atoms with Crippen LogP contribution in [0.3, 0.4) is 0 Å². The maximum Gasteiger partial charge on any atom is 0.472 e. The van der Waals surface area contributed by atoms with E-state index in [9.17, 15) is 29.3 Å². The maximum absolute atomic E-state index is 12.6. The molecule has 0 aliphatic heterocycles. The first-order valence-corrected chi connectivity index (χ1v) is 22.8. The van der Waals surface area contributed by atoms with E-state index in [-0.39, 0.29) is 12.8 Å². The molecule has 0 amide bonds. The summed E-state index contributed by atoms with van der Waals surface area (Å²) in [6, 6.07) is 0. The lowest BCUT2D eigenvalue weighted by Crippen LogP contribution is -2.30. The van der Waals surface area contributed by atoms with Crippen molar-refractivity contribution < 1.29 is 52.9 Å². The highest BCUT2D eigenvalue weighted by atomic mass is 31.2. The van der Waals surface area contributed by atoms with E-state index in [0.29, 0.717) is 19.3 Å². The van der Waals surface area contributed by atoms with Gasteiger partial charge in [-0.05, 0) is 44.9 Å². The number of esters is 2. The van der Waals surface area contributed by atoms with Gasteiger partial charge in [-0.25, -0.2) is 4.57 Å². The molecule has 2 unspecified atom stereocenters. The summed E-state index contributed by atoms with van der Waals surface area (Å²) in [5.41, 5.74) is 0. The molecule has 0 aliphatic rings. The lowest BCUT2D eigenvalue weighted by molar-refractivity contribution is -0.161. The molecule has 0 fully saturated rings. The number of aliphatic hydroxyl groups excluding tert-OH is 3. The lowest BCUT2D eigenvalue weighted by atomic mass is 10.0. The Balaban J connectivity index is 4.50. The Hall–Kier alpha value is -2.37. The molecule has 0 saturated carbocycles. The molecule has 0 saturated heterocycles. The highest BCUT2D eigenvalue weighted by Crippen LogP contribution is 2.43. The van der Waals surface area contributed by atoms with E-state index in [1.165, 1.54) is 70.6 Å². The summed E-state index contributed by atoms with van der Waals surface area (Å²) in [6.45, 7) is 2.04. The molecule has 0 aromatic carbocycles. The molecule has 0 rings (SSSR count). The van der Waals surface area contributed by atoms with Crippen LogP contribution in [0.4, 0.5) is 0 Å². The Morgan fingerprint density at radius 2 is 1.11 bits per heavy atom. The summed E-state index contributed by atoms with van der Waals surface area (Å²) >= 11 is 0. The summed E-state index contributed by atoms with van der Waals surface area (Å²) in [4.78, 5) is 35.0. The first kappa shape index (κ1) is 53.6. The van der Waals surface area contributed by atoms with Gasteiger partial charge in [0.15, 0.2) is 6.10 Å². The molecule has 56 heavy (non-hydrogen) atoms. The van der Waals surface area contributed by atoms with E-state index in [1.807, 2.05) is 12.2 Å². The van der Waals surface area contributed by atoms with Crippen LogP contribution in [0.15, 0.2) is 60.8 Å². The maximum atomic E-state index is 12.6. The zero-order chi connectivity index (χ0) is 41.4. The van der Waals surface area contributed by atoms with E-state index in [2.05, 4.69) is 54.8 Å². The minimum Gasteiger partial charge on any atom is -0.462 e. The van der Waals surface area contributed by atoms with Gasteiger partial charge in [-0.2, -0.15) is 0 Å². The number of carbonyl (C=O) groups is 2. The van der Waals surface area contributed by atoms with Crippen molar-refractivity contribution >= 4 is 19.8 Å². The molecule has 12 heteroatoms. The second-order valence-electron chi connectivity index (χ2n) is 14.2. The lowest BCUT2D eigenvalue weighted by Gasteiger charge is -2.20. The first-order valence-electron chi connectivity index (χ1n) is 21.4. The Morgan fingerprint density at radius 3 is 1.66 bits per heavy atom. The van der Waals surface area contributed by atoms with E-state index in [0.717, 1.165) is 44.9 Å². The summed E-state index contributed by atoms with van der Waals surface area (Å²) in [6.07, 6.45) is 39.3. The van der Waals surface area contributed by atoms with Crippen LogP contribution in [0, 0.1) is 0 Å². The molecule has 0 heterocycles. The van der Waals surface area contributed by atoms with Crippen molar-refractivity contribution in [3.8, 4) is 0 Å². The van der Waals surface area contributed by atoms with Crippen molar-refractivity contribution in [2.45, 2.75) is 180 Å². The third-order valence-electron chi connectivity index (χ3n) is 8.79. The number of hydrogen-bond acceptors (Lipinski definition) is 10. The van der Waals surface area contributed by atoms with Crippen molar-refractivity contribution in [1.82, 2.24) is 0 Å². The fraction of sp³-hybridized carbons (Fsp3) is 0.727. The topological polar surface area (TPSA) is 169 Å². The van der Waals surface area contributed by atoms with Crippen LogP contribution < -0.4 is 0 Å². The van der Waals surface area contributed by atoms with Gasteiger partial charge in [0.25, 0.3) is 0 Å². The fourth-order valence-corrected chi connectivity index (χ4v) is 6.28. The molecule has 0 aromatic rings. The molecule has 4 atom stereocenters. The van der Waals surface area contributed by atoms with Gasteiger partial charge in [-0.3, -0.25) is 18.6 Å². The van der Waals surface area contributed by atoms with E-state index in [1.54, 1.807) is 12.2 Å². The Morgan fingerprint density at radius 1 is 0.607 bits per heavy atom. The number of aliphatic hydroxyl groups is 3. The molecular formula is C44H77O11P. The molecule has 11 nitrogen and oxygen atoms in total. The summed E-state index contributed by atoms with van der Waals surface area (Å²) in [7, 11) is -4.66. The summed E-state index contributed by atoms with van der Waals surface area (Å²) in [5, 5.41) is 28.6. The average Bonchev–Trinajstić information content (AvgIpc) is 3.18. The number of unbranched alkanes of at least 4 members (excludes halogenated alkanes) is 14. The standard InChI is InChI=1S/C44H77O11P/c1-3-5-7-9-11-13-15-17-18-20-22-24-26-28-30-34-44(49)55-42(39-54-56(50,51)53-37-41(47)36-45)38-52-43(48)35-31-33-40(46)32-29-27-25-23-21-19-16-14-12-10-8-6-4-2/h6,8,12,14,19,21,25,27,29,32,40-42,45-47H,3-5,7,9-11,13,15-18,20,22-24,26,28,30-31,33-39H2,1-2H3,(H,50,51)/b8-6-,14-12-,21-19-,27-25-,32-29+/t40?,41-,42+/m0/s1. The van der Waals surface area contributed by atoms with Gasteiger partial charge in [0.05, 0.1) is 25.9 Å². The van der Waals surface area contributed by atoms with Crippen LogP contribution in [-0.2, 0) is 32.7 Å². The van der Waals surface area contributed by atoms with Gasteiger partial charge >= 0.3 is 19.8 Å². The largest absolute Gasteiger partial charge is 0.472 e. The van der Waals surface area contributed by atoms with Gasteiger partial charge < -0.3 is 29.7 Å². The van der Waals surface area contributed by atoms with Crippen molar-refractivity contribution in [3.63, 3.8) is 0 Å². The number of hydrogen-bond donors (Lipinski definition) is 4. The Bertz CT molecular complexity index is 1130. The van der Waals surface area contributed by atoms with Gasteiger partial charge in [-0.15, -0.1) is 0 Å². The molecule has 0 aliphatic carbocycles. The minimum atomic E-state index is -4.66. The van der Waals surface area contributed by atoms with Crippen LogP contribution in [0.5, 0.6) is 0 Å². The number of phosphoric ester groups is 1. The highest BCUT2D eigenvalue weighted by Gasteiger charge is 2.27. The Kier molecular flexibility index (Phi) is 37.8. The second kappa shape index (κ2) is 39.5. The van der Waals surface area contributed by atoms with Gasteiger partial charge in [0.1, 0.15) is 12.7 Å². The third-order valence-corrected chi connectivity index (χ3v) is 9.74. The molecule has 324 valence electrons. The number of rotatable bonds is 39. The van der Waals surface area contributed by atoms with Gasteiger partial charge in [-0.1, -0.05) is 164 Å². The molecule has 4 N–H and O–H groups in total. The first-order chi connectivity index (χ1) is 27.1. The molecule has 0 radical (unpaired) electrons. The predicted molar refractivity (Wildman–Crippen MR) is 225 cm³/mol. The second-order valence-corrected chi connectivity index (χ2v) is 15.6. The zero-order valence-electron chi connectivity index (χ0n) is 34.7. The molecular weight excluding hydrogens is 735 g/mol. The van der Waals surface area contributed by atoms with Crippen LogP contribution >= 0.6 is 7.82 Å². The summed E-state index contributed by atoms with van der Waals surface area (Å²) < 4.78 is 32.5. The molecule has 0 aromatic heterocycles. The van der Waals surface area contributed by atoms with E-state index < -0.39 is 64.5 Å². The van der Waals surface area contributed by atoms with Crippen LogP contribution in [0.1, 0.15) is 162 Å². The van der Waals surface area contributed by atoms with Crippen LogP contribution in [0.25, 0.3) is 0 Å². The molecule has 0 bridgehead atoms. The minimum absolute atomic E-state index is 0.0101. The third kappa shape index (κ3) is 38.5. The SMILES string of the molecule is CC/C=C\C/C=C\C/C=C\C/C=C\C=C\C(O)CCCC(=O)OC[C@H](COP(=O)(O)OC[C@@H](O)CO)OC(=O)CCCCCCCCCCCCCCCCC. The molecule has 0 spiro atoms. The van der Waals surface area contributed by atoms with Crippen molar-refractivity contribution in [2.75, 3.05) is 26.4 Å². The number of ether oxygens (including phenoxy) is 2. The highest BCUT2D eigenvalue weighted by molar-refractivity contribution is 7.47. The van der Waals surface area contributed by atoms with Gasteiger partial charge in [0, 0.05) is 12.8 Å². The normalized spacial score (nSPS) is 15.0. The van der Waals surface area contributed by atoms with E-state index in [4.69, 9.17) is 19.1 Å². The zero-order valence-corrected chi connectivity index (χ0v) is 35.6. The fourth-order valence-electron chi connectivity index (χ4n) is 5.49. The number of carbonyl (C=O) groups excluding carboxylic acids is 2.